The zero-order valence-corrected chi connectivity index (χ0v) is 12.1. The summed E-state index contributed by atoms with van der Waals surface area (Å²) in [7, 11) is 1.77. The van der Waals surface area contributed by atoms with Crippen LogP contribution >= 0.6 is 11.6 Å². The van der Waals surface area contributed by atoms with Crippen molar-refractivity contribution >= 4 is 17.7 Å². The lowest BCUT2D eigenvalue weighted by molar-refractivity contribution is 0.0899. The van der Waals surface area contributed by atoms with Crippen LogP contribution in [0.15, 0.2) is 6.33 Å². The number of rotatable bonds is 7. The summed E-state index contributed by atoms with van der Waals surface area (Å²) in [5.41, 5.74) is 0.588. The highest BCUT2D eigenvalue weighted by Gasteiger charge is 2.18. The molecule has 0 fully saturated rings. The molecule has 1 heterocycles. The van der Waals surface area contributed by atoms with E-state index in [1.54, 1.807) is 17.9 Å². The van der Waals surface area contributed by atoms with Crippen LogP contribution in [0.4, 0.5) is 4.79 Å². The number of aromatic nitrogens is 2. The third-order valence-corrected chi connectivity index (χ3v) is 3.11. The number of ether oxygens (including phenoxy) is 1. The van der Waals surface area contributed by atoms with Gasteiger partial charge in [-0.2, -0.15) is 0 Å². The molecule has 1 N–H and O–H groups in total. The number of hydrogen-bond donors (Lipinski definition) is 1. The number of aliphatic hydroxyl groups is 1. The SMILES string of the molecule is CCCCOC(=O)N(CCO)Cc1ncn(C)c1Cl. The molecule has 7 heteroatoms. The number of amides is 1. The van der Waals surface area contributed by atoms with Gasteiger partial charge < -0.3 is 14.4 Å². The summed E-state index contributed by atoms with van der Waals surface area (Å²) in [6.45, 7) is 2.69. The summed E-state index contributed by atoms with van der Waals surface area (Å²) < 4.78 is 6.78. The van der Waals surface area contributed by atoms with Gasteiger partial charge in [0.15, 0.2) is 0 Å². The number of hydrogen-bond acceptors (Lipinski definition) is 4. The normalized spacial score (nSPS) is 10.5. The molecule has 19 heavy (non-hydrogen) atoms. The Bertz CT molecular complexity index is 409. The molecule has 0 saturated carbocycles. The minimum absolute atomic E-state index is 0.132. The summed E-state index contributed by atoms with van der Waals surface area (Å²) in [6, 6.07) is 0. The molecule has 1 rings (SSSR count). The predicted octanol–water partition coefficient (Wildman–Crippen LogP) is 1.80. The van der Waals surface area contributed by atoms with E-state index in [4.69, 9.17) is 21.4 Å². The second-order valence-electron chi connectivity index (χ2n) is 4.21. The molecule has 0 aromatic carbocycles. The molecule has 0 aliphatic rings. The quantitative estimate of drug-likeness (QED) is 0.777. The van der Waals surface area contributed by atoms with E-state index < -0.39 is 6.09 Å². The molecule has 0 spiro atoms. The van der Waals surface area contributed by atoms with Crippen LogP contribution in [-0.2, 0) is 18.3 Å². The zero-order chi connectivity index (χ0) is 14.3. The van der Waals surface area contributed by atoms with Crippen molar-refractivity contribution in [3.05, 3.63) is 17.2 Å². The fourth-order valence-electron chi connectivity index (χ4n) is 1.50. The maximum Gasteiger partial charge on any atom is 0.410 e. The van der Waals surface area contributed by atoms with Gasteiger partial charge in [0.05, 0.1) is 31.8 Å². The summed E-state index contributed by atoms with van der Waals surface area (Å²) in [6.07, 6.45) is 2.91. The first-order valence-corrected chi connectivity index (χ1v) is 6.66. The first kappa shape index (κ1) is 15.8. The first-order valence-electron chi connectivity index (χ1n) is 6.28. The average Bonchev–Trinajstić information content (AvgIpc) is 2.70. The van der Waals surface area contributed by atoms with Gasteiger partial charge in [-0.3, -0.25) is 4.90 Å². The highest BCUT2D eigenvalue weighted by Crippen LogP contribution is 2.15. The number of nitrogens with zero attached hydrogens (tertiary/aromatic N) is 3. The van der Waals surface area contributed by atoms with Gasteiger partial charge in [0.2, 0.25) is 0 Å². The minimum Gasteiger partial charge on any atom is -0.449 e. The minimum atomic E-state index is -0.454. The van der Waals surface area contributed by atoms with Gasteiger partial charge in [-0.15, -0.1) is 0 Å². The van der Waals surface area contributed by atoms with Gasteiger partial charge in [-0.25, -0.2) is 9.78 Å². The van der Waals surface area contributed by atoms with E-state index in [2.05, 4.69) is 4.98 Å². The third kappa shape index (κ3) is 4.72. The Kier molecular flexibility index (Phi) is 6.66. The first-order chi connectivity index (χ1) is 9.10. The highest BCUT2D eigenvalue weighted by atomic mass is 35.5. The molecule has 0 atom stereocenters. The topological polar surface area (TPSA) is 67.6 Å². The Hall–Kier alpha value is -1.27. The molecular weight excluding hydrogens is 270 g/mol. The molecular formula is C12H20ClN3O3. The fraction of sp³-hybridized carbons (Fsp3) is 0.667. The molecule has 1 aromatic heterocycles. The number of aliphatic hydroxyl groups excluding tert-OH is 1. The van der Waals surface area contributed by atoms with E-state index in [9.17, 15) is 4.79 Å². The van der Waals surface area contributed by atoms with Crippen LogP contribution < -0.4 is 0 Å². The molecule has 0 radical (unpaired) electrons. The number of imidazole rings is 1. The summed E-state index contributed by atoms with van der Waals surface area (Å²) in [4.78, 5) is 17.4. The van der Waals surface area contributed by atoms with Crippen molar-refractivity contribution in [2.45, 2.75) is 26.3 Å². The van der Waals surface area contributed by atoms with E-state index in [-0.39, 0.29) is 19.7 Å². The van der Waals surface area contributed by atoms with E-state index in [0.717, 1.165) is 12.8 Å². The van der Waals surface area contributed by atoms with E-state index in [1.165, 1.54) is 4.90 Å². The molecule has 1 aromatic rings. The van der Waals surface area contributed by atoms with Crippen LogP contribution in [0.5, 0.6) is 0 Å². The lowest BCUT2D eigenvalue weighted by atomic mass is 10.4. The molecule has 0 aliphatic heterocycles. The smallest absolute Gasteiger partial charge is 0.410 e. The van der Waals surface area contributed by atoms with Crippen molar-refractivity contribution < 1.29 is 14.6 Å². The molecule has 0 bridgehead atoms. The lowest BCUT2D eigenvalue weighted by Crippen LogP contribution is -2.34. The van der Waals surface area contributed by atoms with Crippen molar-refractivity contribution in [1.29, 1.82) is 0 Å². The molecule has 0 unspecified atom stereocenters. The Morgan fingerprint density at radius 2 is 2.37 bits per heavy atom. The van der Waals surface area contributed by atoms with Crippen LogP contribution in [-0.4, -0.2) is 45.4 Å². The Morgan fingerprint density at radius 3 is 2.89 bits per heavy atom. The number of halogens is 1. The van der Waals surface area contributed by atoms with Gasteiger partial charge >= 0.3 is 6.09 Å². The molecule has 6 nitrogen and oxygen atoms in total. The molecule has 0 saturated heterocycles. The van der Waals surface area contributed by atoms with E-state index in [0.29, 0.717) is 17.5 Å². The maximum atomic E-state index is 11.8. The van der Waals surface area contributed by atoms with Crippen LogP contribution in [0.25, 0.3) is 0 Å². The van der Waals surface area contributed by atoms with Crippen LogP contribution in [0.1, 0.15) is 25.5 Å². The second kappa shape index (κ2) is 8.01. The standard InChI is InChI=1S/C12H20ClN3O3/c1-3-4-7-19-12(18)16(5-6-17)8-10-11(13)15(2)9-14-10/h9,17H,3-8H2,1-2H3. The monoisotopic (exact) mass is 289 g/mol. The molecule has 108 valence electrons. The van der Waals surface area contributed by atoms with Crippen molar-refractivity contribution in [2.24, 2.45) is 7.05 Å². The number of carbonyl (C=O) groups is 1. The van der Waals surface area contributed by atoms with Gasteiger partial charge in [-0.1, -0.05) is 24.9 Å². The van der Waals surface area contributed by atoms with E-state index in [1.807, 2.05) is 6.92 Å². The predicted molar refractivity (Wildman–Crippen MR) is 72.0 cm³/mol. The second-order valence-corrected chi connectivity index (χ2v) is 4.56. The Balaban J connectivity index is 2.61. The third-order valence-electron chi connectivity index (χ3n) is 2.63. The van der Waals surface area contributed by atoms with Gasteiger partial charge in [-0.05, 0) is 6.42 Å². The van der Waals surface area contributed by atoms with E-state index >= 15 is 0 Å². The maximum absolute atomic E-state index is 11.8. The lowest BCUT2D eigenvalue weighted by Gasteiger charge is -2.20. The summed E-state index contributed by atoms with van der Waals surface area (Å²) in [5.74, 6) is 0. The largest absolute Gasteiger partial charge is 0.449 e. The summed E-state index contributed by atoms with van der Waals surface area (Å²) >= 11 is 6.04. The molecule has 1 amide bonds. The average molecular weight is 290 g/mol. The van der Waals surface area contributed by atoms with Gasteiger partial charge in [0, 0.05) is 13.6 Å². The van der Waals surface area contributed by atoms with Crippen molar-refractivity contribution in [1.82, 2.24) is 14.5 Å². The summed E-state index contributed by atoms with van der Waals surface area (Å²) in [5, 5.41) is 9.48. The van der Waals surface area contributed by atoms with Crippen molar-refractivity contribution in [2.75, 3.05) is 19.8 Å². The zero-order valence-electron chi connectivity index (χ0n) is 11.3. The van der Waals surface area contributed by atoms with Crippen LogP contribution in [0.2, 0.25) is 5.15 Å². The number of unbranched alkanes of at least 4 members (excludes halogenated alkanes) is 1. The Labute approximate surface area is 117 Å². The van der Waals surface area contributed by atoms with Crippen LogP contribution in [0.3, 0.4) is 0 Å². The van der Waals surface area contributed by atoms with Gasteiger partial charge in [0.25, 0.3) is 0 Å². The highest BCUT2D eigenvalue weighted by molar-refractivity contribution is 6.30. The van der Waals surface area contributed by atoms with Crippen molar-refractivity contribution in [3.8, 4) is 0 Å². The van der Waals surface area contributed by atoms with Crippen molar-refractivity contribution in [3.63, 3.8) is 0 Å². The number of carbonyl (C=O) groups excluding carboxylic acids is 1. The van der Waals surface area contributed by atoms with Crippen LogP contribution in [0, 0.1) is 0 Å². The van der Waals surface area contributed by atoms with Gasteiger partial charge in [0.1, 0.15) is 5.15 Å². The molecule has 0 aliphatic carbocycles. The Morgan fingerprint density at radius 1 is 1.63 bits per heavy atom. The number of aryl methyl sites for hydroxylation is 1. The fourth-order valence-corrected chi connectivity index (χ4v) is 1.65.